The second-order valence-electron chi connectivity index (χ2n) is 5.25. The molecule has 2 aromatic rings. The van der Waals surface area contributed by atoms with Gasteiger partial charge >= 0.3 is 0 Å². The zero-order valence-electron chi connectivity index (χ0n) is 12.6. The second kappa shape index (κ2) is 7.02. The van der Waals surface area contributed by atoms with E-state index >= 15 is 0 Å². The van der Waals surface area contributed by atoms with Gasteiger partial charge in [0.25, 0.3) is 5.56 Å². The van der Waals surface area contributed by atoms with Gasteiger partial charge < -0.3 is 5.32 Å². The summed E-state index contributed by atoms with van der Waals surface area (Å²) in [6, 6.07) is 12.6. The van der Waals surface area contributed by atoms with Crippen LogP contribution in [0.5, 0.6) is 0 Å². The number of nitrogens with one attached hydrogen (secondary N) is 2. The maximum atomic E-state index is 11.9. The van der Waals surface area contributed by atoms with Crippen LogP contribution in [0.25, 0.3) is 11.3 Å². The van der Waals surface area contributed by atoms with Crippen LogP contribution >= 0.6 is 0 Å². The summed E-state index contributed by atoms with van der Waals surface area (Å²) < 4.78 is 1.38. The highest BCUT2D eigenvalue weighted by molar-refractivity contribution is 5.84. The number of carbonyl (C=O) groups excluding carboxylic acids is 1. The zero-order valence-corrected chi connectivity index (χ0v) is 12.6. The number of benzene rings is 1. The van der Waals surface area contributed by atoms with Crippen molar-refractivity contribution in [2.75, 3.05) is 13.1 Å². The highest BCUT2D eigenvalue weighted by Crippen LogP contribution is 2.13. The molecule has 0 fully saturated rings. The quantitative estimate of drug-likeness (QED) is 0.791. The Morgan fingerprint density at radius 2 is 2.09 bits per heavy atom. The first-order valence-electron chi connectivity index (χ1n) is 7.55. The van der Waals surface area contributed by atoms with Gasteiger partial charge in [0.2, 0.25) is 5.91 Å². The van der Waals surface area contributed by atoms with Gasteiger partial charge in [-0.15, -0.1) is 0 Å². The predicted octanol–water partition coefficient (Wildman–Crippen LogP) is 0.554. The maximum Gasteiger partial charge on any atom is 0.266 e. The van der Waals surface area contributed by atoms with Crippen molar-refractivity contribution < 1.29 is 4.79 Å². The van der Waals surface area contributed by atoms with Crippen molar-refractivity contribution in [1.29, 1.82) is 0 Å². The van der Waals surface area contributed by atoms with Crippen molar-refractivity contribution in [3.63, 3.8) is 0 Å². The SMILES string of the molecule is O=C(NCCn1nc(-c2ccccc2)ccc1=O)[C@@H]1C=CCN1. The number of aromatic nitrogens is 2. The molecule has 1 aromatic carbocycles. The summed E-state index contributed by atoms with van der Waals surface area (Å²) in [5.41, 5.74) is 1.50. The maximum absolute atomic E-state index is 11.9. The molecule has 1 atom stereocenters. The molecule has 3 rings (SSSR count). The molecule has 0 saturated heterocycles. The number of hydrogen-bond acceptors (Lipinski definition) is 4. The molecule has 118 valence electrons. The molecule has 6 heteroatoms. The minimum atomic E-state index is -0.282. The fourth-order valence-corrected chi connectivity index (χ4v) is 2.41. The van der Waals surface area contributed by atoms with E-state index < -0.39 is 0 Å². The van der Waals surface area contributed by atoms with Gasteiger partial charge in [0.1, 0.15) is 6.04 Å². The lowest BCUT2D eigenvalue weighted by atomic mass is 10.1. The van der Waals surface area contributed by atoms with Crippen LogP contribution in [-0.2, 0) is 11.3 Å². The van der Waals surface area contributed by atoms with Gasteiger partial charge in [0, 0.05) is 24.7 Å². The van der Waals surface area contributed by atoms with Crippen molar-refractivity contribution in [2.24, 2.45) is 0 Å². The van der Waals surface area contributed by atoms with E-state index in [1.54, 1.807) is 6.07 Å². The molecule has 1 aliphatic heterocycles. The molecular weight excluding hydrogens is 292 g/mol. The summed E-state index contributed by atoms with van der Waals surface area (Å²) in [6.45, 7) is 1.40. The fraction of sp³-hybridized carbons (Fsp3) is 0.235. The van der Waals surface area contributed by atoms with Crippen LogP contribution < -0.4 is 16.2 Å². The largest absolute Gasteiger partial charge is 0.353 e. The molecule has 0 unspecified atom stereocenters. The number of hydrogen-bond donors (Lipinski definition) is 2. The zero-order chi connectivity index (χ0) is 16.1. The van der Waals surface area contributed by atoms with E-state index in [4.69, 9.17) is 0 Å². The van der Waals surface area contributed by atoms with Crippen molar-refractivity contribution in [1.82, 2.24) is 20.4 Å². The van der Waals surface area contributed by atoms with Crippen molar-refractivity contribution in [2.45, 2.75) is 12.6 Å². The lowest BCUT2D eigenvalue weighted by Gasteiger charge is -2.11. The summed E-state index contributed by atoms with van der Waals surface area (Å²) in [4.78, 5) is 23.8. The third-order valence-corrected chi connectivity index (χ3v) is 3.63. The van der Waals surface area contributed by atoms with E-state index in [2.05, 4.69) is 15.7 Å². The third-order valence-electron chi connectivity index (χ3n) is 3.63. The van der Waals surface area contributed by atoms with E-state index in [0.717, 1.165) is 11.3 Å². The minimum absolute atomic E-state index is 0.0917. The Bertz CT molecular complexity index is 768. The second-order valence-corrected chi connectivity index (χ2v) is 5.25. The normalized spacial score (nSPS) is 16.4. The summed E-state index contributed by atoms with van der Waals surface area (Å²) in [6.07, 6.45) is 3.75. The molecule has 1 amide bonds. The monoisotopic (exact) mass is 310 g/mol. The Balaban J connectivity index is 1.64. The van der Waals surface area contributed by atoms with Crippen LogP contribution in [0.4, 0.5) is 0 Å². The van der Waals surface area contributed by atoms with E-state index in [-0.39, 0.29) is 17.5 Å². The minimum Gasteiger partial charge on any atom is -0.353 e. The summed E-state index contributed by atoms with van der Waals surface area (Å²) in [5, 5.41) is 10.2. The number of rotatable bonds is 5. The Morgan fingerprint density at radius 3 is 2.83 bits per heavy atom. The highest BCUT2D eigenvalue weighted by Gasteiger charge is 2.16. The summed E-state index contributed by atoms with van der Waals surface area (Å²) in [7, 11) is 0. The van der Waals surface area contributed by atoms with Crippen LogP contribution in [0.3, 0.4) is 0 Å². The van der Waals surface area contributed by atoms with Crippen LogP contribution in [0.2, 0.25) is 0 Å². The third kappa shape index (κ3) is 3.73. The molecule has 0 bridgehead atoms. The first kappa shape index (κ1) is 15.2. The average molecular weight is 310 g/mol. The lowest BCUT2D eigenvalue weighted by Crippen LogP contribution is -2.42. The summed E-state index contributed by atoms with van der Waals surface area (Å²) in [5.74, 6) is -0.0917. The molecule has 1 aromatic heterocycles. The molecule has 0 spiro atoms. The van der Waals surface area contributed by atoms with E-state index in [1.807, 2.05) is 42.5 Å². The Kier molecular flexibility index (Phi) is 4.63. The Morgan fingerprint density at radius 1 is 1.26 bits per heavy atom. The number of amides is 1. The first-order valence-corrected chi connectivity index (χ1v) is 7.55. The van der Waals surface area contributed by atoms with Crippen molar-refractivity contribution >= 4 is 5.91 Å². The first-order chi connectivity index (χ1) is 11.2. The van der Waals surface area contributed by atoms with Crippen LogP contribution in [-0.4, -0.2) is 34.8 Å². The molecule has 0 aliphatic carbocycles. The van der Waals surface area contributed by atoms with Gasteiger partial charge in [-0.3, -0.25) is 14.9 Å². The van der Waals surface area contributed by atoms with Gasteiger partial charge in [-0.25, -0.2) is 4.68 Å². The molecular formula is C17H18N4O2. The standard InChI is InChI=1S/C17H18N4O2/c22-16-9-8-14(13-5-2-1-3-6-13)20-21(16)12-11-19-17(23)15-7-4-10-18-15/h1-9,15,18H,10-12H2,(H,19,23)/t15-/m0/s1. The predicted molar refractivity (Wildman–Crippen MR) is 87.9 cm³/mol. The lowest BCUT2D eigenvalue weighted by molar-refractivity contribution is -0.121. The summed E-state index contributed by atoms with van der Waals surface area (Å²) >= 11 is 0. The number of nitrogens with zero attached hydrogens (tertiary/aromatic N) is 2. The molecule has 0 radical (unpaired) electrons. The fourth-order valence-electron chi connectivity index (χ4n) is 2.41. The van der Waals surface area contributed by atoms with Crippen LogP contribution in [0.15, 0.2) is 59.4 Å². The molecule has 1 aliphatic rings. The smallest absolute Gasteiger partial charge is 0.266 e. The number of carbonyl (C=O) groups is 1. The van der Waals surface area contributed by atoms with Gasteiger partial charge in [0.05, 0.1) is 12.2 Å². The van der Waals surface area contributed by atoms with Crippen molar-refractivity contribution in [3.05, 3.63) is 65.0 Å². The van der Waals surface area contributed by atoms with Gasteiger partial charge in [-0.2, -0.15) is 5.10 Å². The topological polar surface area (TPSA) is 76.0 Å². The molecule has 0 saturated carbocycles. The molecule has 2 N–H and O–H groups in total. The van der Waals surface area contributed by atoms with Gasteiger partial charge in [-0.05, 0) is 6.07 Å². The molecule has 2 heterocycles. The van der Waals surface area contributed by atoms with Crippen molar-refractivity contribution in [3.8, 4) is 11.3 Å². The average Bonchev–Trinajstić information content (AvgIpc) is 3.12. The Labute approximate surface area is 133 Å². The van der Waals surface area contributed by atoms with Crippen LogP contribution in [0.1, 0.15) is 0 Å². The van der Waals surface area contributed by atoms with E-state index in [0.29, 0.717) is 19.6 Å². The molecule has 6 nitrogen and oxygen atoms in total. The van der Waals surface area contributed by atoms with Crippen LogP contribution in [0, 0.1) is 0 Å². The molecule has 23 heavy (non-hydrogen) atoms. The van der Waals surface area contributed by atoms with Gasteiger partial charge in [0.15, 0.2) is 0 Å². The van der Waals surface area contributed by atoms with E-state index in [1.165, 1.54) is 10.7 Å². The van der Waals surface area contributed by atoms with E-state index in [9.17, 15) is 9.59 Å². The van der Waals surface area contributed by atoms with Gasteiger partial charge in [-0.1, -0.05) is 42.5 Å². The highest BCUT2D eigenvalue weighted by atomic mass is 16.2. The Hall–Kier alpha value is -2.73.